The van der Waals surface area contributed by atoms with Crippen molar-refractivity contribution in [3.05, 3.63) is 179 Å². The van der Waals surface area contributed by atoms with Gasteiger partial charge in [-0.2, -0.15) is 0 Å². The Morgan fingerprint density at radius 2 is 0.847 bits per heavy atom. The summed E-state index contributed by atoms with van der Waals surface area (Å²) in [6.07, 6.45) is -9.49. The van der Waals surface area contributed by atoms with Crippen LogP contribution in [0.4, 0.5) is 0 Å². The minimum Gasteiger partial charge on any atom is -0.459 e. The predicted molar refractivity (Wildman–Crippen MR) is 209 cm³/mol. The maximum atomic E-state index is 13.7. The van der Waals surface area contributed by atoms with Crippen molar-refractivity contribution in [2.45, 2.75) is 55.8 Å². The molecule has 5 aromatic rings. The molecule has 2 aliphatic rings. The van der Waals surface area contributed by atoms with Gasteiger partial charge in [0.2, 0.25) is 0 Å². The van der Waals surface area contributed by atoms with Crippen molar-refractivity contribution in [3.63, 3.8) is 0 Å². The van der Waals surface area contributed by atoms with E-state index in [1.807, 2.05) is 30.3 Å². The smallest absolute Gasteiger partial charge is 0.338 e. The predicted octanol–water partition coefficient (Wildman–Crippen LogP) is 6.22. The zero-order valence-corrected chi connectivity index (χ0v) is 32.0. The van der Waals surface area contributed by atoms with Crippen LogP contribution in [0.2, 0.25) is 0 Å². The number of methoxy groups -OCH3 is 1. The first kappa shape index (κ1) is 41.0. The van der Waals surface area contributed by atoms with Crippen molar-refractivity contribution in [1.82, 2.24) is 0 Å². The fourth-order valence-corrected chi connectivity index (χ4v) is 6.64. The SMILES string of the molecule is CO[C@H]1O[C@H](COC(=O)c2ccccc2)[C@@H](O[C@@H]2O[C@H](COC(=O)c3ccccc3)[C@@H](OC(=O)c3ccccc3)[C@@H]2OCc2ccccc2)[C@@H]1OC(=O)c1ccccc1. The summed E-state index contributed by atoms with van der Waals surface area (Å²) in [4.78, 5) is 53.4. The summed E-state index contributed by atoms with van der Waals surface area (Å²) in [5.41, 5.74) is 1.93. The molecule has 59 heavy (non-hydrogen) atoms. The molecule has 2 aliphatic heterocycles. The number of hydrogen-bond acceptors (Lipinski definition) is 13. The maximum absolute atomic E-state index is 13.7. The Morgan fingerprint density at radius 1 is 0.458 bits per heavy atom. The number of carbonyl (C=O) groups is 4. The van der Waals surface area contributed by atoms with Gasteiger partial charge in [0, 0.05) is 7.11 Å². The van der Waals surface area contributed by atoms with Crippen LogP contribution in [0, 0.1) is 0 Å². The molecule has 304 valence electrons. The van der Waals surface area contributed by atoms with Crippen LogP contribution >= 0.6 is 0 Å². The van der Waals surface area contributed by atoms with Crippen LogP contribution < -0.4 is 0 Å². The topological polar surface area (TPSA) is 151 Å². The number of carbonyl (C=O) groups excluding carboxylic acids is 4. The van der Waals surface area contributed by atoms with Gasteiger partial charge in [0.05, 0.1) is 28.9 Å². The van der Waals surface area contributed by atoms with Gasteiger partial charge in [0.15, 0.2) is 24.8 Å². The molecule has 2 saturated heterocycles. The second-order valence-electron chi connectivity index (χ2n) is 13.6. The molecule has 0 radical (unpaired) electrons. The number of benzene rings is 5. The third-order valence-corrected chi connectivity index (χ3v) is 9.63. The second-order valence-corrected chi connectivity index (χ2v) is 13.6. The van der Waals surface area contributed by atoms with Crippen LogP contribution in [0.15, 0.2) is 152 Å². The van der Waals surface area contributed by atoms with Crippen LogP contribution in [0.1, 0.15) is 47.0 Å². The molecular formula is C46H42O13. The van der Waals surface area contributed by atoms with E-state index in [1.54, 1.807) is 121 Å². The van der Waals surface area contributed by atoms with E-state index >= 15 is 0 Å². The highest BCUT2D eigenvalue weighted by atomic mass is 16.8. The molecular weight excluding hydrogens is 760 g/mol. The van der Waals surface area contributed by atoms with Gasteiger partial charge in [-0.1, -0.05) is 103 Å². The van der Waals surface area contributed by atoms with Crippen LogP contribution in [0.5, 0.6) is 0 Å². The minimum atomic E-state index is -1.36. The van der Waals surface area contributed by atoms with Crippen molar-refractivity contribution in [1.29, 1.82) is 0 Å². The lowest BCUT2D eigenvalue weighted by Crippen LogP contribution is -2.47. The van der Waals surface area contributed by atoms with E-state index in [0.717, 1.165) is 5.56 Å². The average molecular weight is 803 g/mol. The van der Waals surface area contributed by atoms with E-state index in [1.165, 1.54) is 7.11 Å². The third-order valence-electron chi connectivity index (χ3n) is 9.63. The second kappa shape index (κ2) is 20.0. The third kappa shape index (κ3) is 10.5. The first-order chi connectivity index (χ1) is 28.9. The van der Waals surface area contributed by atoms with Crippen molar-refractivity contribution in [2.24, 2.45) is 0 Å². The van der Waals surface area contributed by atoms with Crippen LogP contribution in [-0.4, -0.2) is 93.4 Å². The molecule has 2 heterocycles. The zero-order chi connectivity index (χ0) is 41.0. The number of hydrogen-bond donors (Lipinski definition) is 0. The molecule has 0 unspecified atom stereocenters. The first-order valence-corrected chi connectivity index (χ1v) is 19.0. The van der Waals surface area contributed by atoms with E-state index in [9.17, 15) is 19.2 Å². The molecule has 0 saturated carbocycles. The lowest BCUT2D eigenvalue weighted by atomic mass is 10.1. The van der Waals surface area contributed by atoms with E-state index in [2.05, 4.69) is 0 Å². The van der Waals surface area contributed by atoms with Crippen LogP contribution in [-0.2, 0) is 49.2 Å². The fourth-order valence-electron chi connectivity index (χ4n) is 6.64. The molecule has 13 heteroatoms. The molecule has 0 spiro atoms. The van der Waals surface area contributed by atoms with Gasteiger partial charge in [0.25, 0.3) is 0 Å². The summed E-state index contributed by atoms with van der Waals surface area (Å²) in [5.74, 6) is -2.63. The highest BCUT2D eigenvalue weighted by Crippen LogP contribution is 2.36. The molecule has 0 amide bonds. The van der Waals surface area contributed by atoms with Gasteiger partial charge in [-0.05, 0) is 54.1 Å². The summed E-state index contributed by atoms with van der Waals surface area (Å²) >= 11 is 0. The average Bonchev–Trinajstić information content (AvgIpc) is 3.80. The molecule has 13 nitrogen and oxygen atoms in total. The van der Waals surface area contributed by atoms with Crippen molar-refractivity contribution >= 4 is 23.9 Å². The molecule has 0 bridgehead atoms. The lowest BCUT2D eigenvalue weighted by Gasteiger charge is -2.29. The van der Waals surface area contributed by atoms with Gasteiger partial charge in [-0.15, -0.1) is 0 Å². The molecule has 7 rings (SSSR count). The fraction of sp³-hybridized carbons (Fsp3) is 0.261. The van der Waals surface area contributed by atoms with E-state index in [-0.39, 0.29) is 30.9 Å². The standard InChI is InChI=1S/C46H42O13/c1-51-45-40(58-44(50)34-25-15-6-16-26-34)38(36(55-45)29-54-42(48)32-21-11-4-12-22-32)59-46-39(52-27-30-17-7-2-8-18-30)37(57-43(49)33-23-13-5-14-24-33)35(56-46)28-53-41(47)31-19-9-3-10-20-31/h2-26,35-40,45-46H,27-29H2,1H3/t35-,36-,37-,38-,39+,40+,45+,46+/m1/s1. The highest BCUT2D eigenvalue weighted by Gasteiger charge is 2.55. The van der Waals surface area contributed by atoms with Gasteiger partial charge in [-0.25, -0.2) is 19.2 Å². The van der Waals surface area contributed by atoms with E-state index in [4.69, 9.17) is 42.6 Å². The Kier molecular flexibility index (Phi) is 13.9. The van der Waals surface area contributed by atoms with Crippen molar-refractivity contribution < 1.29 is 61.8 Å². The minimum absolute atomic E-state index is 0.0387. The molecule has 2 fully saturated rings. The van der Waals surface area contributed by atoms with Crippen LogP contribution in [0.3, 0.4) is 0 Å². The summed E-state index contributed by atoms with van der Waals surface area (Å²) in [7, 11) is 1.37. The maximum Gasteiger partial charge on any atom is 0.338 e. The Hall–Kier alpha value is -6.22. The number of ether oxygens (including phenoxy) is 9. The first-order valence-electron chi connectivity index (χ1n) is 19.0. The van der Waals surface area contributed by atoms with Crippen molar-refractivity contribution in [2.75, 3.05) is 20.3 Å². The largest absolute Gasteiger partial charge is 0.459 e. The zero-order valence-electron chi connectivity index (χ0n) is 32.0. The molecule has 0 aliphatic carbocycles. The molecule has 8 atom stereocenters. The number of rotatable bonds is 16. The Labute approximate surface area is 340 Å². The van der Waals surface area contributed by atoms with E-state index in [0.29, 0.717) is 11.1 Å². The summed E-state index contributed by atoms with van der Waals surface area (Å²) in [6.45, 7) is -0.667. The number of esters is 4. The van der Waals surface area contributed by atoms with Crippen LogP contribution in [0.25, 0.3) is 0 Å². The molecule has 5 aromatic carbocycles. The van der Waals surface area contributed by atoms with Gasteiger partial charge in [-0.3, -0.25) is 0 Å². The summed E-state index contributed by atoms with van der Waals surface area (Å²) in [5, 5.41) is 0. The quantitative estimate of drug-likeness (QED) is 0.0821. The Balaban J connectivity index is 1.21. The lowest BCUT2D eigenvalue weighted by molar-refractivity contribution is -0.224. The van der Waals surface area contributed by atoms with Gasteiger partial charge < -0.3 is 42.6 Å². The van der Waals surface area contributed by atoms with E-state index < -0.39 is 73.1 Å². The Morgan fingerprint density at radius 3 is 1.31 bits per heavy atom. The van der Waals surface area contributed by atoms with Crippen molar-refractivity contribution in [3.8, 4) is 0 Å². The normalized spacial score (nSPS) is 23.5. The van der Waals surface area contributed by atoms with Gasteiger partial charge >= 0.3 is 23.9 Å². The highest BCUT2D eigenvalue weighted by molar-refractivity contribution is 5.91. The Bertz CT molecular complexity index is 2120. The summed E-state index contributed by atoms with van der Waals surface area (Å²) in [6, 6.07) is 42.8. The molecule has 0 aromatic heterocycles. The monoisotopic (exact) mass is 802 g/mol. The molecule has 0 N–H and O–H groups in total. The summed E-state index contributed by atoms with van der Waals surface area (Å²) < 4.78 is 55.0. The van der Waals surface area contributed by atoms with Gasteiger partial charge in [0.1, 0.15) is 37.6 Å².